The van der Waals surface area contributed by atoms with Gasteiger partial charge in [-0.3, -0.25) is 0 Å². The Hall–Kier alpha value is -1.49. The molecule has 0 spiro atoms. The number of carbonyl (C=O) groups is 1. The van der Waals surface area contributed by atoms with Gasteiger partial charge in [0.05, 0.1) is 17.9 Å². The zero-order valence-electron chi connectivity index (χ0n) is 10.0. The molecule has 2 bridgehead atoms. The van der Waals surface area contributed by atoms with Crippen LogP contribution in [0.25, 0.3) is 0 Å². The smallest absolute Gasteiger partial charge is 0.407 e. The maximum absolute atomic E-state index is 11.0. The lowest BCUT2D eigenvalue weighted by atomic mass is 10.2. The number of pyridine rings is 1. The van der Waals surface area contributed by atoms with E-state index in [1.807, 2.05) is 13.0 Å². The zero-order chi connectivity index (χ0) is 12.9. The van der Waals surface area contributed by atoms with Gasteiger partial charge in [-0.1, -0.05) is 11.6 Å². The lowest BCUT2D eigenvalue weighted by Crippen LogP contribution is -2.48. The zero-order valence-corrected chi connectivity index (χ0v) is 10.8. The van der Waals surface area contributed by atoms with Crippen molar-refractivity contribution in [2.75, 3.05) is 18.0 Å². The minimum Gasteiger partial charge on any atom is -0.465 e. The number of nitrogens with zero attached hydrogens (tertiary/aromatic N) is 3. The van der Waals surface area contributed by atoms with E-state index >= 15 is 0 Å². The van der Waals surface area contributed by atoms with E-state index in [1.165, 1.54) is 4.90 Å². The molecule has 2 fully saturated rings. The van der Waals surface area contributed by atoms with E-state index in [0.29, 0.717) is 11.7 Å². The van der Waals surface area contributed by atoms with Gasteiger partial charge < -0.3 is 14.9 Å². The molecule has 2 saturated heterocycles. The van der Waals surface area contributed by atoms with Crippen LogP contribution in [-0.4, -0.2) is 46.3 Å². The van der Waals surface area contributed by atoms with Gasteiger partial charge in [-0.15, -0.1) is 0 Å². The molecule has 2 atom stereocenters. The van der Waals surface area contributed by atoms with Crippen molar-refractivity contribution in [3.8, 4) is 0 Å². The first-order valence-corrected chi connectivity index (χ1v) is 6.32. The van der Waals surface area contributed by atoms with Crippen LogP contribution >= 0.6 is 11.6 Å². The predicted molar refractivity (Wildman–Crippen MR) is 68.3 cm³/mol. The minimum absolute atomic E-state index is 0.114. The van der Waals surface area contributed by atoms with Crippen LogP contribution in [-0.2, 0) is 0 Å². The maximum atomic E-state index is 11.0. The third kappa shape index (κ3) is 1.70. The van der Waals surface area contributed by atoms with Crippen LogP contribution in [0.4, 0.5) is 10.5 Å². The van der Waals surface area contributed by atoms with Gasteiger partial charge in [0.25, 0.3) is 0 Å². The molecule has 1 aromatic rings. The number of aryl methyl sites for hydroxylation is 1. The molecule has 1 N–H and O–H groups in total. The van der Waals surface area contributed by atoms with Crippen LogP contribution < -0.4 is 4.90 Å². The van der Waals surface area contributed by atoms with Crippen LogP contribution in [0.3, 0.4) is 0 Å². The van der Waals surface area contributed by atoms with E-state index in [0.717, 1.165) is 24.2 Å². The summed E-state index contributed by atoms with van der Waals surface area (Å²) in [5, 5.41) is 9.57. The third-order valence-corrected chi connectivity index (χ3v) is 4.21. The molecular weight excluding hydrogens is 254 g/mol. The fourth-order valence-corrected chi connectivity index (χ4v) is 3.02. The normalized spacial score (nSPS) is 25.9. The number of amides is 1. The van der Waals surface area contributed by atoms with Crippen molar-refractivity contribution in [1.82, 2.24) is 9.88 Å². The number of rotatable bonds is 1. The van der Waals surface area contributed by atoms with Crippen LogP contribution in [0.1, 0.15) is 12.0 Å². The van der Waals surface area contributed by atoms with Crippen molar-refractivity contribution in [1.29, 1.82) is 0 Å². The number of anilines is 1. The number of hydrogen-bond donors (Lipinski definition) is 1. The highest BCUT2D eigenvalue weighted by molar-refractivity contribution is 6.30. The molecule has 5 nitrogen and oxygen atoms in total. The summed E-state index contributed by atoms with van der Waals surface area (Å²) < 4.78 is 0. The Morgan fingerprint density at radius 3 is 2.83 bits per heavy atom. The molecule has 2 aliphatic rings. The van der Waals surface area contributed by atoms with Crippen molar-refractivity contribution >= 4 is 23.4 Å². The average molecular weight is 268 g/mol. The Bertz CT molecular complexity index is 508. The largest absolute Gasteiger partial charge is 0.465 e. The van der Waals surface area contributed by atoms with E-state index in [1.54, 1.807) is 6.20 Å². The standard InChI is InChI=1S/C12H14ClN3O2/c1-7-2-8(4-14-11(7)13)15-5-10-3-9(15)6-16(10)12(17)18/h2,4,9-10H,3,5-6H2,1H3,(H,17,18)/t9-,10-/m1/s1. The second kappa shape index (κ2) is 4.02. The topological polar surface area (TPSA) is 56.7 Å². The first-order valence-electron chi connectivity index (χ1n) is 5.94. The molecule has 18 heavy (non-hydrogen) atoms. The summed E-state index contributed by atoms with van der Waals surface area (Å²) in [7, 11) is 0. The quantitative estimate of drug-likeness (QED) is 0.791. The van der Waals surface area contributed by atoms with Gasteiger partial charge in [-0.25, -0.2) is 9.78 Å². The first kappa shape index (κ1) is 11.6. The number of hydrogen-bond acceptors (Lipinski definition) is 3. The number of likely N-dealkylation sites (tertiary alicyclic amines) is 1. The molecular formula is C12H14ClN3O2. The molecule has 1 aromatic heterocycles. The fraction of sp³-hybridized carbons (Fsp3) is 0.500. The predicted octanol–water partition coefficient (Wildman–Crippen LogP) is 1.98. The Morgan fingerprint density at radius 1 is 1.50 bits per heavy atom. The summed E-state index contributed by atoms with van der Waals surface area (Å²) in [5.41, 5.74) is 1.99. The monoisotopic (exact) mass is 267 g/mol. The lowest BCUT2D eigenvalue weighted by molar-refractivity contribution is 0.137. The van der Waals surface area contributed by atoms with E-state index in [2.05, 4.69) is 9.88 Å². The molecule has 0 radical (unpaired) electrons. The highest BCUT2D eigenvalue weighted by Crippen LogP contribution is 2.35. The summed E-state index contributed by atoms with van der Waals surface area (Å²) in [5.74, 6) is 0. The van der Waals surface area contributed by atoms with Crippen LogP contribution in [0.5, 0.6) is 0 Å². The fourth-order valence-electron chi connectivity index (χ4n) is 2.92. The SMILES string of the molecule is Cc1cc(N2C[C@H]3C[C@@H]2CN3C(=O)O)cnc1Cl. The number of carboxylic acid groups (broad SMARTS) is 1. The lowest BCUT2D eigenvalue weighted by Gasteiger charge is -2.34. The average Bonchev–Trinajstić information content (AvgIpc) is 2.92. The Labute approximate surface area is 110 Å². The van der Waals surface area contributed by atoms with Crippen molar-refractivity contribution in [3.63, 3.8) is 0 Å². The third-order valence-electron chi connectivity index (χ3n) is 3.82. The summed E-state index contributed by atoms with van der Waals surface area (Å²) in [6.07, 6.45) is 1.86. The van der Waals surface area contributed by atoms with Crippen molar-refractivity contribution in [2.24, 2.45) is 0 Å². The van der Waals surface area contributed by atoms with E-state index in [9.17, 15) is 4.79 Å². The van der Waals surface area contributed by atoms with Gasteiger partial charge in [0, 0.05) is 19.1 Å². The Balaban J connectivity index is 1.81. The highest BCUT2D eigenvalue weighted by atomic mass is 35.5. The number of piperazine rings is 1. The number of fused-ring (bicyclic) bond motifs is 2. The molecule has 6 heteroatoms. The van der Waals surface area contributed by atoms with Gasteiger partial charge >= 0.3 is 6.09 Å². The minimum atomic E-state index is -0.812. The van der Waals surface area contributed by atoms with Crippen molar-refractivity contribution in [3.05, 3.63) is 23.0 Å². The molecule has 0 aliphatic carbocycles. The van der Waals surface area contributed by atoms with Gasteiger partial charge in [0.2, 0.25) is 0 Å². The number of aromatic nitrogens is 1. The molecule has 96 valence electrons. The molecule has 3 heterocycles. The van der Waals surface area contributed by atoms with Gasteiger partial charge in [0.15, 0.2) is 0 Å². The Morgan fingerprint density at radius 2 is 2.28 bits per heavy atom. The molecule has 0 aromatic carbocycles. The molecule has 0 saturated carbocycles. The maximum Gasteiger partial charge on any atom is 0.407 e. The molecule has 0 unspecified atom stereocenters. The second-order valence-electron chi connectivity index (χ2n) is 4.93. The van der Waals surface area contributed by atoms with Crippen LogP contribution in [0, 0.1) is 6.92 Å². The summed E-state index contributed by atoms with van der Waals surface area (Å²) in [6, 6.07) is 2.40. The summed E-state index contributed by atoms with van der Waals surface area (Å²) in [6.45, 7) is 3.26. The van der Waals surface area contributed by atoms with E-state index in [4.69, 9.17) is 16.7 Å². The van der Waals surface area contributed by atoms with Crippen LogP contribution in [0.15, 0.2) is 12.3 Å². The van der Waals surface area contributed by atoms with E-state index < -0.39 is 6.09 Å². The molecule has 3 rings (SSSR count). The van der Waals surface area contributed by atoms with Crippen LogP contribution in [0.2, 0.25) is 5.15 Å². The summed E-state index contributed by atoms with van der Waals surface area (Å²) >= 11 is 5.92. The van der Waals surface area contributed by atoms with Crippen molar-refractivity contribution < 1.29 is 9.90 Å². The summed E-state index contributed by atoms with van der Waals surface area (Å²) in [4.78, 5) is 18.9. The van der Waals surface area contributed by atoms with E-state index in [-0.39, 0.29) is 12.1 Å². The molecule has 2 aliphatic heterocycles. The van der Waals surface area contributed by atoms with Gasteiger partial charge in [-0.05, 0) is 25.0 Å². The highest BCUT2D eigenvalue weighted by Gasteiger charge is 2.45. The second-order valence-corrected chi connectivity index (χ2v) is 5.29. The first-order chi connectivity index (χ1) is 8.56. The van der Waals surface area contributed by atoms with Crippen molar-refractivity contribution in [2.45, 2.75) is 25.4 Å². The van der Waals surface area contributed by atoms with Gasteiger partial charge in [0.1, 0.15) is 5.15 Å². The Kier molecular flexibility index (Phi) is 2.59. The van der Waals surface area contributed by atoms with Gasteiger partial charge in [-0.2, -0.15) is 0 Å². The molecule has 1 amide bonds. The number of halogens is 1.